The van der Waals surface area contributed by atoms with Gasteiger partial charge in [0.2, 0.25) is 0 Å². The second-order valence-electron chi connectivity index (χ2n) is 7.05. The highest BCUT2D eigenvalue weighted by Crippen LogP contribution is 2.38. The van der Waals surface area contributed by atoms with Crippen LogP contribution in [0, 0.1) is 0 Å². The molecule has 0 amide bonds. The van der Waals surface area contributed by atoms with Gasteiger partial charge in [0, 0.05) is 17.9 Å². The van der Waals surface area contributed by atoms with Gasteiger partial charge in [-0.05, 0) is 54.4 Å². The van der Waals surface area contributed by atoms with Crippen LogP contribution in [-0.2, 0) is 6.42 Å². The van der Waals surface area contributed by atoms with E-state index in [1.54, 1.807) is 6.33 Å². The lowest BCUT2D eigenvalue weighted by molar-refractivity contribution is 0.483. The van der Waals surface area contributed by atoms with Gasteiger partial charge in [-0.2, -0.15) is 0 Å². The zero-order valence-corrected chi connectivity index (χ0v) is 16.3. The van der Waals surface area contributed by atoms with Gasteiger partial charge in [-0.1, -0.05) is 36.4 Å². The highest BCUT2D eigenvalue weighted by molar-refractivity contribution is 5.83. The van der Waals surface area contributed by atoms with Crippen LogP contribution in [-0.4, -0.2) is 16.5 Å². The third-order valence-corrected chi connectivity index (χ3v) is 5.10. The molecule has 30 heavy (non-hydrogen) atoms. The van der Waals surface area contributed by atoms with Gasteiger partial charge >= 0.3 is 0 Å². The van der Waals surface area contributed by atoms with Crippen LogP contribution in [0.1, 0.15) is 5.56 Å². The fourth-order valence-corrected chi connectivity index (χ4v) is 3.63. The smallest absolute Gasteiger partial charge is 0.161 e. The second-order valence-corrected chi connectivity index (χ2v) is 7.05. The first-order chi connectivity index (χ1) is 14.8. The Morgan fingerprint density at radius 3 is 2.40 bits per heavy atom. The summed E-state index contributed by atoms with van der Waals surface area (Å²) in [5.74, 6) is 2.87. The molecule has 0 aliphatic carbocycles. The van der Waals surface area contributed by atoms with E-state index in [9.17, 15) is 0 Å². The van der Waals surface area contributed by atoms with Gasteiger partial charge < -0.3 is 20.7 Å². The number of aromatic nitrogens is 2. The molecule has 3 N–H and O–H groups in total. The zero-order chi connectivity index (χ0) is 20.3. The van der Waals surface area contributed by atoms with Gasteiger partial charge in [0.1, 0.15) is 23.5 Å². The second kappa shape index (κ2) is 7.75. The lowest BCUT2D eigenvalue weighted by Gasteiger charge is -2.21. The summed E-state index contributed by atoms with van der Waals surface area (Å²) in [6, 6.07) is 25.7. The van der Waals surface area contributed by atoms with Crippen LogP contribution in [0.4, 0.5) is 28.7 Å². The minimum atomic E-state index is 0.527. The molecule has 2 heterocycles. The van der Waals surface area contributed by atoms with Crippen molar-refractivity contribution >= 4 is 28.7 Å². The van der Waals surface area contributed by atoms with Gasteiger partial charge in [0.25, 0.3) is 0 Å². The first-order valence-corrected chi connectivity index (χ1v) is 9.84. The number of rotatable bonds is 5. The molecule has 1 aliphatic heterocycles. The topological polar surface area (TPSA) is 76.3 Å². The van der Waals surface area contributed by atoms with E-state index in [-0.39, 0.29) is 0 Å². The van der Waals surface area contributed by atoms with E-state index in [1.165, 1.54) is 5.56 Å². The van der Waals surface area contributed by atoms with Crippen molar-refractivity contribution in [1.82, 2.24) is 9.97 Å². The van der Waals surface area contributed by atoms with E-state index in [0.29, 0.717) is 11.5 Å². The minimum absolute atomic E-state index is 0.527. The molecule has 1 aliphatic rings. The van der Waals surface area contributed by atoms with Crippen LogP contribution in [0.15, 0.2) is 85.2 Å². The molecular weight excluding hydrogens is 374 g/mol. The zero-order valence-electron chi connectivity index (χ0n) is 16.3. The molecular formula is C24H21N5O. The first-order valence-electron chi connectivity index (χ1n) is 9.84. The third-order valence-electron chi connectivity index (χ3n) is 5.10. The highest BCUT2D eigenvalue weighted by Gasteiger charge is 2.23. The molecule has 4 aromatic rings. The Bertz CT molecular complexity index is 1160. The summed E-state index contributed by atoms with van der Waals surface area (Å²) in [7, 11) is 0. The van der Waals surface area contributed by atoms with Crippen LogP contribution in [0.5, 0.6) is 11.5 Å². The van der Waals surface area contributed by atoms with E-state index in [0.717, 1.165) is 41.7 Å². The van der Waals surface area contributed by atoms with Gasteiger partial charge in [0.05, 0.1) is 0 Å². The predicted octanol–water partition coefficient (Wildman–Crippen LogP) is 5.29. The average molecular weight is 395 g/mol. The van der Waals surface area contributed by atoms with Crippen molar-refractivity contribution in [2.45, 2.75) is 6.42 Å². The molecule has 6 heteroatoms. The standard InChI is InChI=1S/C24H21N5O/c25-22-23(26-16-27-24(22)29-15-14-17-6-4-5-9-21(17)29)28-18-10-12-20(13-11-18)30-19-7-2-1-3-8-19/h1-13,16H,14-15,25H2,(H,26,27,28). The number of nitrogen functional groups attached to an aromatic ring is 1. The third kappa shape index (κ3) is 3.51. The van der Waals surface area contributed by atoms with E-state index in [4.69, 9.17) is 10.5 Å². The monoisotopic (exact) mass is 395 g/mol. The Labute approximate surface area is 175 Å². The molecule has 0 fully saturated rings. The minimum Gasteiger partial charge on any atom is -0.457 e. The van der Waals surface area contributed by atoms with Crippen molar-refractivity contribution in [1.29, 1.82) is 0 Å². The Morgan fingerprint density at radius 1 is 0.833 bits per heavy atom. The van der Waals surface area contributed by atoms with Crippen LogP contribution in [0.2, 0.25) is 0 Å². The number of fused-ring (bicyclic) bond motifs is 1. The van der Waals surface area contributed by atoms with Crippen LogP contribution in [0.25, 0.3) is 0 Å². The van der Waals surface area contributed by atoms with E-state index in [1.807, 2.05) is 60.7 Å². The van der Waals surface area contributed by atoms with Crippen LogP contribution < -0.4 is 20.7 Å². The quantitative estimate of drug-likeness (QED) is 0.478. The normalized spacial score (nSPS) is 12.5. The number of hydrogen-bond acceptors (Lipinski definition) is 6. The van der Waals surface area contributed by atoms with Crippen molar-refractivity contribution in [2.24, 2.45) is 0 Å². The number of nitrogens with zero attached hydrogens (tertiary/aromatic N) is 3. The summed E-state index contributed by atoms with van der Waals surface area (Å²) >= 11 is 0. The van der Waals surface area contributed by atoms with Crippen molar-refractivity contribution in [3.8, 4) is 11.5 Å². The Morgan fingerprint density at radius 2 is 1.57 bits per heavy atom. The molecule has 0 atom stereocenters. The van der Waals surface area contributed by atoms with Crippen LogP contribution >= 0.6 is 0 Å². The maximum Gasteiger partial charge on any atom is 0.161 e. The van der Waals surface area contributed by atoms with Crippen molar-refractivity contribution in [3.05, 3.63) is 90.8 Å². The molecule has 0 unspecified atom stereocenters. The number of hydrogen-bond donors (Lipinski definition) is 2. The Hall–Kier alpha value is -4.06. The first kappa shape index (κ1) is 18.0. The van der Waals surface area contributed by atoms with E-state index in [2.05, 4.69) is 38.4 Å². The SMILES string of the molecule is Nc1c(Nc2ccc(Oc3ccccc3)cc2)ncnc1N1CCc2ccccc21. The van der Waals surface area contributed by atoms with Gasteiger partial charge in [-0.15, -0.1) is 0 Å². The molecule has 0 saturated carbocycles. The van der Waals surface area contributed by atoms with E-state index < -0.39 is 0 Å². The van der Waals surface area contributed by atoms with Gasteiger partial charge in [0.15, 0.2) is 11.6 Å². The number of para-hydroxylation sites is 2. The average Bonchev–Trinajstić information content (AvgIpc) is 3.21. The predicted molar refractivity (Wildman–Crippen MR) is 120 cm³/mol. The number of anilines is 5. The molecule has 1 aromatic heterocycles. The fourth-order valence-electron chi connectivity index (χ4n) is 3.63. The maximum absolute atomic E-state index is 6.45. The number of nitrogens with one attached hydrogen (secondary N) is 1. The summed E-state index contributed by atoms with van der Waals surface area (Å²) in [6.45, 7) is 0.853. The fraction of sp³-hybridized carbons (Fsp3) is 0.0833. The molecule has 0 spiro atoms. The molecule has 5 rings (SSSR count). The summed E-state index contributed by atoms with van der Waals surface area (Å²) in [6.07, 6.45) is 2.52. The Kier molecular flexibility index (Phi) is 4.65. The lowest BCUT2D eigenvalue weighted by atomic mass is 10.2. The number of benzene rings is 3. The Balaban J connectivity index is 1.35. The van der Waals surface area contributed by atoms with Crippen molar-refractivity contribution in [2.75, 3.05) is 22.5 Å². The molecule has 0 saturated heterocycles. The summed E-state index contributed by atoms with van der Waals surface area (Å²) in [4.78, 5) is 10.9. The molecule has 0 radical (unpaired) electrons. The van der Waals surface area contributed by atoms with Gasteiger partial charge in [-0.3, -0.25) is 0 Å². The summed E-state index contributed by atoms with van der Waals surface area (Å²) in [5, 5.41) is 3.29. The molecule has 3 aromatic carbocycles. The molecule has 0 bridgehead atoms. The lowest BCUT2D eigenvalue weighted by Crippen LogP contribution is -2.17. The maximum atomic E-state index is 6.45. The number of nitrogens with two attached hydrogens (primary N) is 1. The van der Waals surface area contributed by atoms with Crippen molar-refractivity contribution in [3.63, 3.8) is 0 Å². The molecule has 148 valence electrons. The molecule has 6 nitrogen and oxygen atoms in total. The summed E-state index contributed by atoms with van der Waals surface area (Å²) in [5.41, 5.74) is 10.3. The largest absolute Gasteiger partial charge is 0.457 e. The number of ether oxygens (including phenoxy) is 1. The van der Waals surface area contributed by atoms with E-state index >= 15 is 0 Å². The highest BCUT2D eigenvalue weighted by atomic mass is 16.5. The van der Waals surface area contributed by atoms with Gasteiger partial charge in [-0.25, -0.2) is 9.97 Å². The summed E-state index contributed by atoms with van der Waals surface area (Å²) < 4.78 is 5.84. The van der Waals surface area contributed by atoms with Crippen LogP contribution in [0.3, 0.4) is 0 Å². The van der Waals surface area contributed by atoms with Crippen molar-refractivity contribution < 1.29 is 4.74 Å².